The average molecular weight is 275 g/mol. The molecule has 0 aromatic heterocycles. The molecule has 1 heterocycles. The van der Waals surface area contributed by atoms with Crippen LogP contribution < -0.4 is 5.32 Å². The largest absolute Gasteiger partial charge is 0.389 e. The van der Waals surface area contributed by atoms with Crippen LogP contribution in [0, 0.1) is 5.41 Å². The van der Waals surface area contributed by atoms with E-state index in [0.29, 0.717) is 18.4 Å². The van der Waals surface area contributed by atoms with Crippen molar-refractivity contribution in [3.05, 3.63) is 0 Å². The molecule has 0 aromatic rings. The van der Waals surface area contributed by atoms with E-state index in [-0.39, 0.29) is 17.5 Å². The van der Waals surface area contributed by atoms with E-state index in [4.69, 9.17) is 0 Å². The number of hydrogen-bond acceptors (Lipinski definition) is 4. The molecule has 1 unspecified atom stereocenters. The highest BCUT2D eigenvalue weighted by Gasteiger charge is 2.37. The van der Waals surface area contributed by atoms with Crippen LogP contribution in [-0.4, -0.2) is 43.2 Å². The third kappa shape index (κ3) is 3.68. The van der Waals surface area contributed by atoms with Crippen LogP contribution in [0.25, 0.3) is 0 Å². The second-order valence-electron chi connectivity index (χ2n) is 6.87. The van der Waals surface area contributed by atoms with Gasteiger partial charge >= 0.3 is 0 Å². The summed E-state index contributed by atoms with van der Waals surface area (Å²) in [5.41, 5.74) is -0.301. The highest BCUT2D eigenvalue weighted by atomic mass is 32.2. The topological polar surface area (TPSA) is 66.4 Å². The van der Waals surface area contributed by atoms with Crippen LogP contribution in [-0.2, 0) is 9.84 Å². The fourth-order valence-corrected chi connectivity index (χ4v) is 4.57. The Morgan fingerprint density at radius 2 is 1.83 bits per heavy atom. The van der Waals surface area contributed by atoms with Crippen LogP contribution in [0.4, 0.5) is 0 Å². The molecule has 2 N–H and O–H groups in total. The molecule has 18 heavy (non-hydrogen) atoms. The van der Waals surface area contributed by atoms with Gasteiger partial charge in [0.15, 0.2) is 9.84 Å². The second kappa shape index (κ2) is 4.76. The fraction of sp³-hybridized carbons (Fsp3) is 1.00. The lowest BCUT2D eigenvalue weighted by Crippen LogP contribution is -2.48. The van der Waals surface area contributed by atoms with Gasteiger partial charge < -0.3 is 10.4 Å². The van der Waals surface area contributed by atoms with Gasteiger partial charge in [0.25, 0.3) is 0 Å². The Hall–Kier alpha value is -0.130. The highest BCUT2D eigenvalue weighted by Crippen LogP contribution is 2.39. The molecule has 1 aliphatic carbocycles. The predicted molar refractivity (Wildman–Crippen MR) is 72.3 cm³/mol. The summed E-state index contributed by atoms with van der Waals surface area (Å²) in [6, 6.07) is 0.0361. The molecule has 4 nitrogen and oxygen atoms in total. The van der Waals surface area contributed by atoms with E-state index in [2.05, 4.69) is 19.2 Å². The first-order valence-electron chi connectivity index (χ1n) is 6.86. The average Bonchev–Trinajstić information content (AvgIpc) is 2.61. The Labute approximate surface area is 110 Å². The Morgan fingerprint density at radius 3 is 2.33 bits per heavy atom. The van der Waals surface area contributed by atoms with Crippen molar-refractivity contribution in [1.82, 2.24) is 5.32 Å². The molecule has 1 aliphatic heterocycles. The zero-order valence-electron chi connectivity index (χ0n) is 11.4. The first kappa shape index (κ1) is 14.3. The van der Waals surface area contributed by atoms with E-state index < -0.39 is 15.4 Å². The SMILES string of the molecule is CC1(C)CCC(O)(CNC2CCS(=O)(=O)C2)CC1. The van der Waals surface area contributed by atoms with Gasteiger partial charge in [-0.1, -0.05) is 13.8 Å². The first-order valence-corrected chi connectivity index (χ1v) is 8.68. The van der Waals surface area contributed by atoms with Crippen molar-refractivity contribution in [3.63, 3.8) is 0 Å². The fourth-order valence-electron chi connectivity index (χ4n) is 2.86. The predicted octanol–water partition coefficient (Wildman–Crippen LogP) is 1.09. The van der Waals surface area contributed by atoms with Crippen LogP contribution in [0.2, 0.25) is 0 Å². The zero-order chi connectivity index (χ0) is 13.4. The third-order valence-electron chi connectivity index (χ3n) is 4.49. The molecule has 1 saturated carbocycles. The summed E-state index contributed by atoms with van der Waals surface area (Å²) in [6.45, 7) is 5.01. The van der Waals surface area contributed by atoms with Gasteiger partial charge in [0.2, 0.25) is 0 Å². The van der Waals surface area contributed by atoms with Gasteiger partial charge in [-0.3, -0.25) is 0 Å². The monoisotopic (exact) mass is 275 g/mol. The molecule has 1 atom stereocenters. The van der Waals surface area contributed by atoms with Crippen molar-refractivity contribution in [3.8, 4) is 0 Å². The molecule has 0 aromatic carbocycles. The lowest BCUT2D eigenvalue weighted by molar-refractivity contribution is -0.0256. The molecule has 2 aliphatic rings. The standard InChI is InChI=1S/C13H25NO3S/c1-12(2)4-6-13(15,7-5-12)10-14-11-3-8-18(16,17)9-11/h11,14-15H,3-10H2,1-2H3. The van der Waals surface area contributed by atoms with Gasteiger partial charge in [0.05, 0.1) is 17.1 Å². The maximum atomic E-state index is 11.4. The van der Waals surface area contributed by atoms with Crippen molar-refractivity contribution < 1.29 is 13.5 Å². The van der Waals surface area contributed by atoms with E-state index in [9.17, 15) is 13.5 Å². The molecule has 5 heteroatoms. The van der Waals surface area contributed by atoms with Gasteiger partial charge in [0, 0.05) is 12.6 Å². The van der Waals surface area contributed by atoms with Gasteiger partial charge in [-0.25, -0.2) is 8.42 Å². The minimum absolute atomic E-state index is 0.0361. The van der Waals surface area contributed by atoms with Crippen molar-refractivity contribution >= 4 is 9.84 Å². The lowest BCUT2D eigenvalue weighted by Gasteiger charge is -2.40. The number of rotatable bonds is 3. The summed E-state index contributed by atoms with van der Waals surface area (Å²) in [6.07, 6.45) is 4.38. The molecule has 2 fully saturated rings. The van der Waals surface area contributed by atoms with E-state index in [0.717, 1.165) is 25.7 Å². The summed E-state index contributed by atoms with van der Waals surface area (Å²) in [7, 11) is -2.83. The number of nitrogens with one attached hydrogen (secondary N) is 1. The summed E-state index contributed by atoms with van der Waals surface area (Å²) in [5.74, 6) is 0.519. The summed E-state index contributed by atoms with van der Waals surface area (Å²) in [5, 5.41) is 13.7. The minimum atomic E-state index is -2.83. The zero-order valence-corrected chi connectivity index (χ0v) is 12.2. The molecule has 2 rings (SSSR count). The van der Waals surface area contributed by atoms with Crippen molar-refractivity contribution in [2.75, 3.05) is 18.1 Å². The summed E-state index contributed by atoms with van der Waals surface area (Å²) < 4.78 is 22.7. The lowest BCUT2D eigenvalue weighted by atomic mass is 9.71. The van der Waals surface area contributed by atoms with Crippen molar-refractivity contribution in [2.24, 2.45) is 5.41 Å². The minimum Gasteiger partial charge on any atom is -0.389 e. The number of hydrogen-bond donors (Lipinski definition) is 2. The van der Waals surface area contributed by atoms with Crippen LogP contribution in [0.3, 0.4) is 0 Å². The maximum Gasteiger partial charge on any atom is 0.151 e. The molecule has 0 bridgehead atoms. The Balaban J connectivity index is 1.80. The quantitative estimate of drug-likeness (QED) is 0.809. The molecule has 106 valence electrons. The van der Waals surface area contributed by atoms with Crippen LogP contribution in [0.1, 0.15) is 46.0 Å². The Morgan fingerprint density at radius 1 is 1.22 bits per heavy atom. The molecule has 0 amide bonds. The van der Waals surface area contributed by atoms with Crippen molar-refractivity contribution in [2.45, 2.75) is 57.6 Å². The van der Waals surface area contributed by atoms with Gasteiger partial charge in [-0.2, -0.15) is 0 Å². The molecule has 1 saturated heterocycles. The molecular weight excluding hydrogens is 250 g/mol. The van der Waals surface area contributed by atoms with Crippen LogP contribution in [0.15, 0.2) is 0 Å². The number of aliphatic hydroxyl groups is 1. The van der Waals surface area contributed by atoms with Gasteiger partial charge in [-0.05, 0) is 37.5 Å². The summed E-state index contributed by atoms with van der Waals surface area (Å²) >= 11 is 0. The molecule has 0 spiro atoms. The van der Waals surface area contributed by atoms with Gasteiger partial charge in [0.1, 0.15) is 0 Å². The van der Waals surface area contributed by atoms with Crippen LogP contribution in [0.5, 0.6) is 0 Å². The second-order valence-corrected chi connectivity index (χ2v) is 9.10. The van der Waals surface area contributed by atoms with Gasteiger partial charge in [-0.15, -0.1) is 0 Å². The smallest absolute Gasteiger partial charge is 0.151 e. The normalized spacial score (nSPS) is 33.4. The Kier molecular flexibility index (Phi) is 3.78. The van der Waals surface area contributed by atoms with Crippen molar-refractivity contribution in [1.29, 1.82) is 0 Å². The number of sulfone groups is 1. The van der Waals surface area contributed by atoms with E-state index in [1.807, 2.05) is 0 Å². The van der Waals surface area contributed by atoms with E-state index in [1.54, 1.807) is 0 Å². The summed E-state index contributed by atoms with van der Waals surface area (Å²) in [4.78, 5) is 0. The highest BCUT2D eigenvalue weighted by molar-refractivity contribution is 7.91. The first-order chi connectivity index (χ1) is 8.20. The third-order valence-corrected chi connectivity index (χ3v) is 6.25. The van der Waals surface area contributed by atoms with Crippen LogP contribution >= 0.6 is 0 Å². The maximum absolute atomic E-state index is 11.4. The van der Waals surface area contributed by atoms with E-state index in [1.165, 1.54) is 0 Å². The van der Waals surface area contributed by atoms with E-state index >= 15 is 0 Å². The molecular formula is C13H25NO3S. The Bertz CT molecular complexity index is 392. The molecule has 0 radical (unpaired) electrons.